The molecule has 10 heteroatoms. The van der Waals surface area contributed by atoms with Crippen molar-refractivity contribution in [3.8, 4) is 0 Å². The molecule has 0 amide bonds. The van der Waals surface area contributed by atoms with E-state index in [0.29, 0.717) is 24.2 Å². The van der Waals surface area contributed by atoms with Crippen molar-refractivity contribution < 1.29 is 27.1 Å². The fourth-order valence-corrected chi connectivity index (χ4v) is 4.50. The summed E-state index contributed by atoms with van der Waals surface area (Å²) in [7, 11) is 3.63. The molecule has 2 aromatic heterocycles. The van der Waals surface area contributed by atoms with Gasteiger partial charge in [0.2, 0.25) is 0 Å². The third kappa shape index (κ3) is 6.75. The Hall–Kier alpha value is -3.69. The van der Waals surface area contributed by atoms with E-state index in [2.05, 4.69) is 39.5 Å². The van der Waals surface area contributed by atoms with Crippen molar-refractivity contribution in [3.63, 3.8) is 0 Å². The molecule has 7 nitrogen and oxygen atoms in total. The van der Waals surface area contributed by atoms with Crippen molar-refractivity contribution in [1.29, 1.82) is 0 Å². The second-order valence-corrected chi connectivity index (χ2v) is 8.84. The van der Waals surface area contributed by atoms with Crippen LogP contribution in [0, 0.1) is 0 Å². The summed E-state index contributed by atoms with van der Waals surface area (Å²) in [5, 5.41) is 3.17. The normalized spacial score (nSPS) is 17.2. The smallest absolute Gasteiger partial charge is 0.422 e. The van der Waals surface area contributed by atoms with Crippen LogP contribution in [0.5, 0.6) is 0 Å². The van der Waals surface area contributed by atoms with E-state index in [9.17, 15) is 18.0 Å². The summed E-state index contributed by atoms with van der Waals surface area (Å²) in [6.45, 7) is 5.99. The maximum Gasteiger partial charge on any atom is 0.422 e. The summed E-state index contributed by atoms with van der Waals surface area (Å²) >= 11 is 0. The lowest BCUT2D eigenvalue weighted by Gasteiger charge is -2.36. The van der Waals surface area contributed by atoms with Crippen molar-refractivity contribution in [3.05, 3.63) is 76.7 Å². The highest BCUT2D eigenvalue weighted by molar-refractivity contribution is 5.75. The number of aldehydes is 1. The average Bonchev–Trinajstić information content (AvgIpc) is 3.51. The zero-order valence-electron chi connectivity index (χ0n) is 21.7. The zero-order valence-corrected chi connectivity index (χ0v) is 21.7. The second kappa shape index (κ2) is 12.0. The molecular weight excluding hydrogens is 485 g/mol. The second-order valence-electron chi connectivity index (χ2n) is 8.84. The minimum absolute atomic E-state index is 0.0708. The maximum absolute atomic E-state index is 12.6. The third-order valence-electron chi connectivity index (χ3n) is 6.15. The van der Waals surface area contributed by atoms with Crippen molar-refractivity contribution in [1.82, 2.24) is 14.8 Å². The summed E-state index contributed by atoms with van der Waals surface area (Å²) < 4.78 is 47.4. The predicted molar refractivity (Wildman–Crippen MR) is 137 cm³/mol. The molecule has 1 atom stereocenters. The van der Waals surface area contributed by atoms with Crippen LogP contribution in [-0.2, 0) is 11.3 Å². The molecule has 0 radical (unpaired) electrons. The number of hydrogen-bond acceptors (Lipinski definition) is 7. The fourth-order valence-electron chi connectivity index (χ4n) is 4.50. The van der Waals surface area contributed by atoms with E-state index < -0.39 is 12.8 Å². The molecule has 4 heterocycles. The average molecular weight is 519 g/mol. The first kappa shape index (κ1) is 27.9. The summed E-state index contributed by atoms with van der Waals surface area (Å²) in [5.41, 5.74) is 5.34. The largest absolute Gasteiger partial charge is 0.469 e. The highest BCUT2D eigenvalue weighted by atomic mass is 19.4. The number of carbonyl (C=O) groups is 1. The molecule has 0 saturated carbocycles. The minimum atomic E-state index is -4.36. The van der Waals surface area contributed by atoms with Gasteiger partial charge in [0.05, 0.1) is 6.26 Å². The first-order valence-electron chi connectivity index (χ1n) is 12.0. The summed E-state index contributed by atoms with van der Waals surface area (Å²) in [5.74, 6) is 1.52. The molecule has 0 spiro atoms. The van der Waals surface area contributed by atoms with Crippen molar-refractivity contribution >= 4 is 17.8 Å². The van der Waals surface area contributed by atoms with Gasteiger partial charge in [-0.1, -0.05) is 19.1 Å². The van der Waals surface area contributed by atoms with E-state index >= 15 is 0 Å². The van der Waals surface area contributed by atoms with Gasteiger partial charge in [0, 0.05) is 61.8 Å². The number of alkyl halides is 3. The van der Waals surface area contributed by atoms with Crippen molar-refractivity contribution in [2.24, 2.45) is 0 Å². The lowest BCUT2D eigenvalue weighted by atomic mass is 10.0. The van der Waals surface area contributed by atoms with E-state index in [4.69, 9.17) is 4.74 Å². The number of likely N-dealkylation sites (N-methyl/N-ethyl adjacent to an activating group) is 1. The molecule has 2 aromatic rings. The summed E-state index contributed by atoms with van der Waals surface area (Å²) in [6.07, 6.45) is 4.67. The SMILES string of the molecule is CC/C=C1/c2ccnc(NC)c2CN1C(C)C1=CC(C)=C(OCC(F)(F)F)N(C)C1.O=Cc1ccco1. The lowest BCUT2D eigenvalue weighted by Crippen LogP contribution is -2.37. The van der Waals surface area contributed by atoms with Gasteiger partial charge < -0.3 is 24.3 Å². The van der Waals surface area contributed by atoms with Gasteiger partial charge in [0.15, 0.2) is 24.5 Å². The standard InChI is InChI=1S/C22H29F3N4O.C5H4O2/c1-6-7-19-17-8-9-27-20(26-4)18(17)12-29(19)15(3)16-10-14(2)21(28(5)11-16)30-13-22(23,24)25;6-4-5-2-1-3-7-5/h7-10,15H,6,11-13H2,1-5H3,(H,26,27);1-4H/b19-7-;. The molecule has 37 heavy (non-hydrogen) atoms. The molecule has 0 saturated heterocycles. The number of nitrogens with one attached hydrogen (secondary N) is 1. The number of pyridine rings is 1. The highest BCUT2D eigenvalue weighted by Gasteiger charge is 2.34. The van der Waals surface area contributed by atoms with E-state index in [1.807, 2.05) is 25.4 Å². The summed E-state index contributed by atoms with van der Waals surface area (Å²) in [4.78, 5) is 18.3. The van der Waals surface area contributed by atoms with Crippen molar-refractivity contribution in [2.75, 3.05) is 32.6 Å². The lowest BCUT2D eigenvalue weighted by molar-refractivity contribution is -0.169. The predicted octanol–water partition coefficient (Wildman–Crippen LogP) is 5.85. The maximum atomic E-state index is 12.6. The number of anilines is 1. The van der Waals surface area contributed by atoms with Gasteiger partial charge in [-0.2, -0.15) is 13.2 Å². The van der Waals surface area contributed by atoms with Crippen LogP contribution in [0.4, 0.5) is 19.0 Å². The van der Waals surface area contributed by atoms with Crippen LogP contribution in [0.2, 0.25) is 0 Å². The van der Waals surface area contributed by atoms with Gasteiger partial charge in [0.1, 0.15) is 5.82 Å². The van der Waals surface area contributed by atoms with E-state index in [-0.39, 0.29) is 11.9 Å². The topological polar surface area (TPSA) is 70.8 Å². The molecule has 0 aliphatic carbocycles. The number of ether oxygens (including phenoxy) is 1. The number of rotatable bonds is 7. The van der Waals surface area contributed by atoms with E-state index in [1.54, 1.807) is 31.0 Å². The molecule has 1 N–H and O–H groups in total. The Labute approximate surface area is 215 Å². The fraction of sp³-hybridized carbons (Fsp3) is 0.407. The number of furan rings is 1. The minimum Gasteiger partial charge on any atom is -0.469 e. The molecule has 0 aromatic carbocycles. The number of allylic oxidation sites excluding steroid dienone is 3. The van der Waals surface area contributed by atoms with Gasteiger partial charge in [-0.05, 0) is 44.0 Å². The quantitative estimate of drug-likeness (QED) is 0.461. The molecule has 4 rings (SSSR count). The number of aromatic nitrogens is 1. The Bertz CT molecular complexity index is 1170. The first-order chi connectivity index (χ1) is 17.6. The number of nitrogens with zero attached hydrogens (tertiary/aromatic N) is 3. The molecule has 0 fully saturated rings. The van der Waals surface area contributed by atoms with Gasteiger partial charge >= 0.3 is 6.18 Å². The highest BCUT2D eigenvalue weighted by Crippen LogP contribution is 2.39. The number of hydrogen-bond donors (Lipinski definition) is 1. The Morgan fingerprint density at radius 3 is 2.59 bits per heavy atom. The zero-order chi connectivity index (χ0) is 27.2. The van der Waals surface area contributed by atoms with Crippen LogP contribution in [0.3, 0.4) is 0 Å². The Morgan fingerprint density at radius 2 is 2.05 bits per heavy atom. The first-order valence-corrected chi connectivity index (χ1v) is 12.0. The van der Waals surface area contributed by atoms with Gasteiger partial charge in [-0.25, -0.2) is 4.98 Å². The van der Waals surface area contributed by atoms with Crippen LogP contribution in [-0.4, -0.2) is 60.5 Å². The van der Waals surface area contributed by atoms with Crippen LogP contribution < -0.4 is 5.32 Å². The number of carbonyl (C=O) groups excluding carboxylic acids is 1. The van der Waals surface area contributed by atoms with Crippen LogP contribution >= 0.6 is 0 Å². The molecule has 2 aliphatic rings. The molecular formula is C27H33F3N4O3. The van der Waals surface area contributed by atoms with Gasteiger partial charge in [-0.15, -0.1) is 0 Å². The monoisotopic (exact) mass is 518 g/mol. The number of halogens is 3. The Kier molecular flexibility index (Phi) is 9.07. The molecule has 1 unspecified atom stereocenters. The Morgan fingerprint density at radius 1 is 1.30 bits per heavy atom. The molecule has 0 bridgehead atoms. The van der Waals surface area contributed by atoms with Crippen LogP contribution in [0.25, 0.3) is 5.70 Å². The number of fused-ring (bicyclic) bond motifs is 1. The van der Waals surface area contributed by atoms with Crippen LogP contribution in [0.1, 0.15) is 48.9 Å². The summed E-state index contributed by atoms with van der Waals surface area (Å²) in [6, 6.07) is 5.39. The molecule has 2 aliphatic heterocycles. The van der Waals surface area contributed by atoms with E-state index in [0.717, 1.165) is 29.9 Å². The van der Waals surface area contributed by atoms with Gasteiger partial charge in [0.25, 0.3) is 0 Å². The van der Waals surface area contributed by atoms with E-state index in [1.165, 1.54) is 17.5 Å². The van der Waals surface area contributed by atoms with Crippen molar-refractivity contribution in [2.45, 2.75) is 46.0 Å². The molecule has 200 valence electrons. The van der Waals surface area contributed by atoms with Gasteiger partial charge in [-0.3, -0.25) is 4.79 Å². The Balaban J connectivity index is 0.000000468. The third-order valence-corrected chi connectivity index (χ3v) is 6.15. The van der Waals surface area contributed by atoms with Crippen LogP contribution in [0.15, 0.2) is 64.3 Å².